The van der Waals surface area contributed by atoms with E-state index in [4.69, 9.17) is 9.47 Å². The van der Waals surface area contributed by atoms with Gasteiger partial charge in [-0.05, 0) is 87.9 Å². The second kappa shape index (κ2) is 25.2. The van der Waals surface area contributed by atoms with Crippen LogP contribution in [-0.4, -0.2) is 24.4 Å². The molecule has 0 saturated heterocycles. The second-order valence-electron chi connectivity index (χ2n) is 16.6. The van der Waals surface area contributed by atoms with Crippen molar-refractivity contribution in [2.45, 2.75) is 184 Å². The quantitative estimate of drug-likeness (QED) is 0.0687. The molecule has 1 aromatic carbocycles. The van der Waals surface area contributed by atoms with Gasteiger partial charge in [-0.15, -0.1) is 0 Å². The van der Waals surface area contributed by atoms with Crippen LogP contribution >= 0.6 is 0 Å². The van der Waals surface area contributed by atoms with Crippen molar-refractivity contribution < 1.29 is 19.7 Å². The van der Waals surface area contributed by atoms with Crippen LogP contribution in [-0.2, 0) is 6.42 Å². The Morgan fingerprint density at radius 2 is 0.958 bits per heavy atom. The molecule has 1 aromatic rings. The molecule has 0 aliphatic carbocycles. The van der Waals surface area contributed by atoms with Crippen LogP contribution in [0.25, 0.3) is 0 Å². The summed E-state index contributed by atoms with van der Waals surface area (Å²) in [4.78, 5) is 0. The summed E-state index contributed by atoms with van der Waals surface area (Å²) in [5, 5.41) is 21.3. The van der Waals surface area contributed by atoms with Crippen molar-refractivity contribution in [3.8, 4) is 23.0 Å². The van der Waals surface area contributed by atoms with Crippen LogP contribution in [0.4, 0.5) is 0 Å². The lowest BCUT2D eigenvalue weighted by molar-refractivity contribution is 0.313. The highest BCUT2D eigenvalue weighted by molar-refractivity contribution is 5.65. The molecule has 0 aromatic heterocycles. The molecule has 5 atom stereocenters. The van der Waals surface area contributed by atoms with E-state index < -0.39 is 0 Å². The molecule has 4 nitrogen and oxygen atoms in total. The third kappa shape index (κ3) is 18.2. The van der Waals surface area contributed by atoms with E-state index in [-0.39, 0.29) is 23.0 Å². The van der Waals surface area contributed by atoms with E-state index in [2.05, 4.69) is 61.5 Å². The summed E-state index contributed by atoms with van der Waals surface area (Å²) < 4.78 is 10.6. The Bertz CT molecular complexity index is 1010. The maximum atomic E-state index is 10.8. The fraction of sp³-hybridized carbons (Fsp3) is 0.818. The third-order valence-corrected chi connectivity index (χ3v) is 11.1. The number of rotatable bonds is 28. The molecule has 2 N–H and O–H groups in total. The zero-order valence-electron chi connectivity index (χ0n) is 33.7. The zero-order chi connectivity index (χ0) is 36.1. The molecule has 0 spiro atoms. The number of hydrogen-bond acceptors (Lipinski definition) is 4. The standard InChI is InChI=1S/C44H80O4/c1-32(2)18-12-19-33(3)20-13-21-34(4)22-14-23-35(5)24-15-25-36(6)26-16-27-37(7)28-17-29-38(8)30-31-40-39(9)41(45)43(47-10)44(48-11)42(40)46/h20,32,34-38,45-46H,12-19,21-31H2,1-11H3/b33-20-. The van der Waals surface area contributed by atoms with Crippen molar-refractivity contribution in [3.63, 3.8) is 0 Å². The minimum Gasteiger partial charge on any atom is -0.504 e. The van der Waals surface area contributed by atoms with Crippen LogP contribution in [0.2, 0.25) is 0 Å². The van der Waals surface area contributed by atoms with Gasteiger partial charge in [0.2, 0.25) is 11.5 Å². The van der Waals surface area contributed by atoms with E-state index in [0.29, 0.717) is 11.5 Å². The molecular formula is C44H80O4. The van der Waals surface area contributed by atoms with Crippen LogP contribution in [0.5, 0.6) is 23.0 Å². The largest absolute Gasteiger partial charge is 0.504 e. The predicted molar refractivity (Wildman–Crippen MR) is 209 cm³/mol. The molecule has 0 amide bonds. The number of allylic oxidation sites excluding steroid dienone is 2. The van der Waals surface area contributed by atoms with E-state index in [1.807, 2.05) is 6.92 Å². The normalized spacial score (nSPS) is 15.4. The van der Waals surface area contributed by atoms with E-state index in [1.165, 1.54) is 123 Å². The first-order valence-corrected chi connectivity index (χ1v) is 20.1. The highest BCUT2D eigenvalue weighted by Gasteiger charge is 2.23. The zero-order valence-corrected chi connectivity index (χ0v) is 33.7. The van der Waals surface area contributed by atoms with Crippen LogP contribution in [0.3, 0.4) is 0 Å². The van der Waals surface area contributed by atoms with Gasteiger partial charge in [0, 0.05) is 11.1 Å². The van der Waals surface area contributed by atoms with Crippen LogP contribution in [0.15, 0.2) is 11.6 Å². The number of ether oxygens (including phenoxy) is 2. The fourth-order valence-corrected chi connectivity index (χ4v) is 7.40. The van der Waals surface area contributed by atoms with Gasteiger partial charge in [0.25, 0.3) is 0 Å². The van der Waals surface area contributed by atoms with Crippen LogP contribution < -0.4 is 9.47 Å². The average molecular weight is 673 g/mol. The maximum Gasteiger partial charge on any atom is 0.207 e. The Kier molecular flexibility index (Phi) is 23.2. The molecule has 0 saturated carbocycles. The SMILES string of the molecule is COc1c(O)c(C)c(CCC(C)CCCC(C)CCCC(C)CCCC(C)CCCC(C)CC/C=C(/C)CCCC(C)C)c(O)c1OC. The summed E-state index contributed by atoms with van der Waals surface area (Å²) >= 11 is 0. The molecule has 0 fully saturated rings. The summed E-state index contributed by atoms with van der Waals surface area (Å²) in [5.41, 5.74) is 3.03. The molecule has 0 aliphatic heterocycles. The van der Waals surface area contributed by atoms with E-state index >= 15 is 0 Å². The van der Waals surface area contributed by atoms with Gasteiger partial charge in [0.05, 0.1) is 14.2 Å². The molecule has 5 unspecified atom stereocenters. The highest BCUT2D eigenvalue weighted by atomic mass is 16.5. The van der Waals surface area contributed by atoms with Gasteiger partial charge in [-0.2, -0.15) is 0 Å². The van der Waals surface area contributed by atoms with Crippen molar-refractivity contribution >= 4 is 0 Å². The summed E-state index contributed by atoms with van der Waals surface area (Å²) in [7, 11) is 2.96. The summed E-state index contributed by atoms with van der Waals surface area (Å²) in [6.07, 6.45) is 27.0. The number of benzene rings is 1. The molecule has 0 aliphatic rings. The average Bonchev–Trinajstić information content (AvgIpc) is 3.02. The van der Waals surface area contributed by atoms with Crippen molar-refractivity contribution in [2.75, 3.05) is 14.2 Å². The van der Waals surface area contributed by atoms with Crippen molar-refractivity contribution in [1.82, 2.24) is 0 Å². The van der Waals surface area contributed by atoms with Crippen molar-refractivity contribution in [3.05, 3.63) is 22.8 Å². The monoisotopic (exact) mass is 673 g/mol. The molecule has 0 radical (unpaired) electrons. The van der Waals surface area contributed by atoms with E-state index in [1.54, 1.807) is 5.57 Å². The third-order valence-electron chi connectivity index (χ3n) is 11.1. The fourth-order valence-electron chi connectivity index (χ4n) is 7.40. The molecule has 0 bridgehead atoms. The van der Waals surface area contributed by atoms with E-state index in [0.717, 1.165) is 48.0 Å². The minimum atomic E-state index is 0.0557. The Labute approximate surface area is 298 Å². The summed E-state index contributed by atoms with van der Waals surface area (Å²) in [6, 6.07) is 0. The molecule has 1 rings (SSSR count). The molecule has 4 heteroatoms. The summed E-state index contributed by atoms with van der Waals surface area (Å²) in [5.74, 6) is 5.32. The molecular weight excluding hydrogens is 592 g/mol. The second-order valence-corrected chi connectivity index (χ2v) is 16.6. The summed E-state index contributed by atoms with van der Waals surface area (Å²) in [6.45, 7) is 21.0. The van der Waals surface area contributed by atoms with E-state index in [9.17, 15) is 10.2 Å². The minimum absolute atomic E-state index is 0.0557. The van der Waals surface area contributed by atoms with Gasteiger partial charge >= 0.3 is 0 Å². The Balaban J connectivity index is 2.15. The highest BCUT2D eigenvalue weighted by Crippen LogP contribution is 2.48. The first kappa shape index (κ1) is 44.2. The number of aromatic hydroxyl groups is 2. The first-order valence-electron chi connectivity index (χ1n) is 20.1. The Morgan fingerprint density at radius 1 is 0.562 bits per heavy atom. The van der Waals surface area contributed by atoms with Gasteiger partial charge in [-0.25, -0.2) is 0 Å². The number of hydrogen-bond donors (Lipinski definition) is 2. The van der Waals surface area contributed by atoms with Gasteiger partial charge < -0.3 is 19.7 Å². The number of phenols is 2. The predicted octanol–water partition coefficient (Wildman–Crippen LogP) is 13.8. The van der Waals surface area contributed by atoms with Gasteiger partial charge in [0.1, 0.15) is 0 Å². The lowest BCUT2D eigenvalue weighted by atomic mass is 9.89. The van der Waals surface area contributed by atoms with Crippen molar-refractivity contribution in [1.29, 1.82) is 0 Å². The van der Waals surface area contributed by atoms with Gasteiger partial charge in [-0.3, -0.25) is 0 Å². The smallest absolute Gasteiger partial charge is 0.207 e. The van der Waals surface area contributed by atoms with Crippen LogP contribution in [0, 0.1) is 42.4 Å². The topological polar surface area (TPSA) is 58.9 Å². The lowest BCUT2D eigenvalue weighted by Gasteiger charge is -2.19. The lowest BCUT2D eigenvalue weighted by Crippen LogP contribution is -2.04. The van der Waals surface area contributed by atoms with Crippen molar-refractivity contribution in [2.24, 2.45) is 35.5 Å². The molecule has 0 heterocycles. The number of phenolic OH excluding ortho intramolecular Hbond substituents is 2. The Hall–Kier alpha value is -1.84. The van der Waals surface area contributed by atoms with Crippen LogP contribution in [0.1, 0.15) is 182 Å². The maximum absolute atomic E-state index is 10.8. The number of methoxy groups -OCH3 is 2. The Morgan fingerprint density at radius 3 is 1.38 bits per heavy atom. The molecule has 280 valence electrons. The van der Waals surface area contributed by atoms with Gasteiger partial charge in [-0.1, -0.05) is 144 Å². The molecule has 48 heavy (non-hydrogen) atoms. The van der Waals surface area contributed by atoms with Gasteiger partial charge in [0.15, 0.2) is 11.5 Å². The first-order chi connectivity index (χ1) is 22.8.